The van der Waals surface area contributed by atoms with Gasteiger partial charge in [-0.3, -0.25) is 9.59 Å². The molecule has 6 heteroatoms. The largest absolute Gasteiger partial charge is 0.368 e. The van der Waals surface area contributed by atoms with Crippen molar-refractivity contribution in [2.75, 3.05) is 0 Å². The van der Waals surface area contributed by atoms with Crippen molar-refractivity contribution in [3.8, 4) is 0 Å². The number of primary amides is 1. The molecule has 1 aromatic heterocycles. The summed E-state index contributed by atoms with van der Waals surface area (Å²) in [4.78, 5) is 28.5. The van der Waals surface area contributed by atoms with Crippen LogP contribution < -0.4 is 11.1 Å². The first-order valence-corrected chi connectivity index (χ1v) is 8.12. The highest BCUT2D eigenvalue weighted by Gasteiger charge is 2.20. The molecule has 6 nitrogen and oxygen atoms in total. The minimum atomic E-state index is -0.825. The average Bonchev–Trinajstić information content (AvgIpc) is 2.93. The van der Waals surface area contributed by atoms with Crippen LogP contribution in [-0.4, -0.2) is 21.4 Å². The van der Waals surface area contributed by atoms with E-state index in [-0.39, 0.29) is 12.3 Å². The number of benzene rings is 2. The molecule has 0 bridgehead atoms. The number of carbonyl (C=O) groups excluding carboxylic acids is 2. The van der Waals surface area contributed by atoms with Gasteiger partial charge in [-0.1, -0.05) is 42.5 Å². The molecule has 3 aromatic rings. The Morgan fingerprint density at radius 1 is 1.12 bits per heavy atom. The molecule has 0 radical (unpaired) electrons. The van der Waals surface area contributed by atoms with Gasteiger partial charge in [-0.05, 0) is 24.6 Å². The molecule has 0 fully saturated rings. The van der Waals surface area contributed by atoms with E-state index in [2.05, 4.69) is 10.3 Å². The van der Waals surface area contributed by atoms with Crippen LogP contribution in [0, 0.1) is 6.92 Å². The lowest BCUT2D eigenvalue weighted by Crippen LogP contribution is -2.37. The van der Waals surface area contributed by atoms with Gasteiger partial charge < -0.3 is 15.6 Å². The molecule has 0 aliphatic carbocycles. The van der Waals surface area contributed by atoms with Gasteiger partial charge in [0.25, 0.3) is 0 Å². The van der Waals surface area contributed by atoms with Crippen molar-refractivity contribution < 1.29 is 9.59 Å². The van der Waals surface area contributed by atoms with Crippen molar-refractivity contribution in [3.63, 3.8) is 0 Å². The molecule has 3 N–H and O–H groups in total. The first kappa shape index (κ1) is 16.7. The van der Waals surface area contributed by atoms with E-state index in [0.29, 0.717) is 12.1 Å². The van der Waals surface area contributed by atoms with Crippen LogP contribution in [0.3, 0.4) is 0 Å². The van der Waals surface area contributed by atoms with Crippen molar-refractivity contribution in [2.24, 2.45) is 5.73 Å². The SMILES string of the molecule is Cc1nc2ccccc2n1CCC(=O)N[C@H](C(N)=O)c1ccccc1. The quantitative estimate of drug-likeness (QED) is 0.722. The molecule has 1 atom stereocenters. The normalized spacial score (nSPS) is 12.0. The van der Waals surface area contributed by atoms with Crippen molar-refractivity contribution >= 4 is 22.8 Å². The van der Waals surface area contributed by atoms with Crippen LogP contribution in [-0.2, 0) is 16.1 Å². The van der Waals surface area contributed by atoms with Crippen LogP contribution in [0.5, 0.6) is 0 Å². The fourth-order valence-corrected chi connectivity index (χ4v) is 2.89. The summed E-state index contributed by atoms with van der Waals surface area (Å²) in [5.74, 6) is 0.0390. The number of hydrogen-bond acceptors (Lipinski definition) is 3. The highest BCUT2D eigenvalue weighted by atomic mass is 16.2. The van der Waals surface area contributed by atoms with Gasteiger partial charge in [-0.25, -0.2) is 4.98 Å². The zero-order chi connectivity index (χ0) is 17.8. The maximum Gasteiger partial charge on any atom is 0.244 e. The Hall–Kier alpha value is -3.15. The second-order valence-electron chi connectivity index (χ2n) is 5.86. The third kappa shape index (κ3) is 3.68. The molecule has 2 aromatic carbocycles. The molecule has 0 aliphatic heterocycles. The van der Waals surface area contributed by atoms with E-state index in [0.717, 1.165) is 16.9 Å². The van der Waals surface area contributed by atoms with Gasteiger partial charge in [-0.2, -0.15) is 0 Å². The fraction of sp³-hybridized carbons (Fsp3) is 0.211. The van der Waals surface area contributed by atoms with Crippen LogP contribution in [0.4, 0.5) is 0 Å². The lowest BCUT2D eigenvalue weighted by atomic mass is 10.1. The standard InChI is InChI=1S/C19H20N4O2/c1-13-21-15-9-5-6-10-16(15)23(13)12-11-17(24)22-18(19(20)25)14-7-3-2-4-8-14/h2-10,18H,11-12H2,1H3,(H2,20,25)(H,22,24)/t18-/m0/s1. The summed E-state index contributed by atoms with van der Waals surface area (Å²) in [6, 6.07) is 16.0. The summed E-state index contributed by atoms with van der Waals surface area (Å²) >= 11 is 0. The summed E-state index contributed by atoms with van der Waals surface area (Å²) < 4.78 is 2.00. The molecule has 0 spiro atoms. The molecule has 0 unspecified atom stereocenters. The Bertz CT molecular complexity index is 902. The molecule has 1 heterocycles. The smallest absolute Gasteiger partial charge is 0.244 e. The van der Waals surface area contributed by atoms with E-state index in [1.54, 1.807) is 24.3 Å². The van der Waals surface area contributed by atoms with Crippen LogP contribution in [0.15, 0.2) is 54.6 Å². The predicted molar refractivity (Wildman–Crippen MR) is 95.6 cm³/mol. The Morgan fingerprint density at radius 3 is 2.52 bits per heavy atom. The van der Waals surface area contributed by atoms with E-state index in [9.17, 15) is 9.59 Å². The fourth-order valence-electron chi connectivity index (χ4n) is 2.89. The number of fused-ring (bicyclic) bond motifs is 1. The third-order valence-corrected chi connectivity index (χ3v) is 4.13. The summed E-state index contributed by atoms with van der Waals surface area (Å²) in [5.41, 5.74) is 8.00. The topological polar surface area (TPSA) is 90.0 Å². The number of nitrogens with two attached hydrogens (primary N) is 1. The minimum Gasteiger partial charge on any atom is -0.368 e. The maximum atomic E-state index is 12.3. The summed E-state index contributed by atoms with van der Waals surface area (Å²) in [6.45, 7) is 2.40. The van der Waals surface area contributed by atoms with E-state index in [4.69, 9.17) is 5.73 Å². The van der Waals surface area contributed by atoms with Crippen LogP contribution in [0.1, 0.15) is 23.9 Å². The number of aromatic nitrogens is 2. The van der Waals surface area contributed by atoms with Crippen LogP contribution >= 0.6 is 0 Å². The highest BCUT2D eigenvalue weighted by Crippen LogP contribution is 2.16. The minimum absolute atomic E-state index is 0.232. The second-order valence-corrected chi connectivity index (χ2v) is 5.86. The van der Waals surface area contributed by atoms with E-state index >= 15 is 0 Å². The number of para-hydroxylation sites is 2. The summed E-state index contributed by atoms with van der Waals surface area (Å²) in [6.07, 6.45) is 0.234. The van der Waals surface area contributed by atoms with Crippen molar-refractivity contribution in [2.45, 2.75) is 25.9 Å². The molecule has 0 saturated heterocycles. The first-order chi connectivity index (χ1) is 12.1. The number of imidazole rings is 1. The Balaban J connectivity index is 1.69. The van der Waals surface area contributed by atoms with E-state index < -0.39 is 11.9 Å². The zero-order valence-corrected chi connectivity index (χ0v) is 14.0. The van der Waals surface area contributed by atoms with Gasteiger partial charge in [-0.15, -0.1) is 0 Å². The monoisotopic (exact) mass is 336 g/mol. The molecule has 128 valence electrons. The zero-order valence-electron chi connectivity index (χ0n) is 14.0. The maximum absolute atomic E-state index is 12.3. The highest BCUT2D eigenvalue weighted by molar-refractivity contribution is 5.87. The van der Waals surface area contributed by atoms with Crippen LogP contribution in [0.2, 0.25) is 0 Å². The number of rotatable bonds is 6. The molecule has 0 aliphatic rings. The second kappa shape index (κ2) is 7.17. The van der Waals surface area contributed by atoms with Gasteiger partial charge in [0, 0.05) is 13.0 Å². The average molecular weight is 336 g/mol. The van der Waals surface area contributed by atoms with Crippen molar-refractivity contribution in [1.82, 2.24) is 14.9 Å². The van der Waals surface area contributed by atoms with Crippen molar-refractivity contribution in [1.29, 1.82) is 0 Å². The molecule has 0 saturated carbocycles. The number of nitrogens with one attached hydrogen (secondary N) is 1. The number of hydrogen-bond donors (Lipinski definition) is 2. The van der Waals surface area contributed by atoms with Gasteiger partial charge in [0.05, 0.1) is 11.0 Å². The lowest BCUT2D eigenvalue weighted by Gasteiger charge is -2.16. The number of carbonyl (C=O) groups is 2. The number of nitrogens with zero attached hydrogens (tertiary/aromatic N) is 2. The van der Waals surface area contributed by atoms with Crippen molar-refractivity contribution in [3.05, 3.63) is 66.0 Å². The lowest BCUT2D eigenvalue weighted by molar-refractivity contribution is -0.127. The van der Waals surface area contributed by atoms with Gasteiger partial charge in [0.1, 0.15) is 11.9 Å². The van der Waals surface area contributed by atoms with Crippen LogP contribution in [0.25, 0.3) is 11.0 Å². The van der Waals surface area contributed by atoms with E-state index in [1.165, 1.54) is 0 Å². The van der Waals surface area contributed by atoms with Gasteiger partial charge >= 0.3 is 0 Å². The first-order valence-electron chi connectivity index (χ1n) is 8.12. The van der Waals surface area contributed by atoms with E-state index in [1.807, 2.05) is 41.8 Å². The Labute approximate surface area is 145 Å². The molecular weight excluding hydrogens is 316 g/mol. The molecule has 2 amide bonds. The Kier molecular flexibility index (Phi) is 4.79. The number of aryl methyl sites for hydroxylation is 2. The molecule has 25 heavy (non-hydrogen) atoms. The number of amides is 2. The Morgan fingerprint density at radius 2 is 1.80 bits per heavy atom. The summed E-state index contributed by atoms with van der Waals surface area (Å²) in [7, 11) is 0. The van der Waals surface area contributed by atoms with Gasteiger partial charge in [0.2, 0.25) is 11.8 Å². The molecule has 3 rings (SSSR count). The van der Waals surface area contributed by atoms with Gasteiger partial charge in [0.15, 0.2) is 0 Å². The third-order valence-electron chi connectivity index (χ3n) is 4.13. The summed E-state index contributed by atoms with van der Waals surface area (Å²) in [5, 5.41) is 2.72. The molecular formula is C19H20N4O2. The predicted octanol–water partition coefficient (Wildman–Crippen LogP) is 2.08.